The fourth-order valence-electron chi connectivity index (χ4n) is 3.03. The maximum Gasteiger partial charge on any atom is 0.183 e. The van der Waals surface area contributed by atoms with Crippen LogP contribution in [-0.4, -0.2) is 121 Å². The summed E-state index contributed by atoms with van der Waals surface area (Å²) in [6.07, 6.45) is 7.72. The van der Waals surface area contributed by atoms with Crippen LogP contribution in [0.3, 0.4) is 0 Å². The fraction of sp³-hybridized carbons (Fsp3) is 1.00. The van der Waals surface area contributed by atoms with Crippen molar-refractivity contribution in [2.75, 3.05) is 112 Å². The quantitative estimate of drug-likeness (QED) is 0.0891. The second kappa shape index (κ2) is 30.4. The highest BCUT2D eigenvalue weighted by atomic mass is 28.4. The first-order valence-electron chi connectivity index (χ1n) is 14.3. The lowest BCUT2D eigenvalue weighted by Gasteiger charge is -2.16. The molecule has 10 heteroatoms. The first-order valence-corrected chi connectivity index (χ1v) is 17.7. The van der Waals surface area contributed by atoms with Gasteiger partial charge in [-0.05, 0) is 26.1 Å². The predicted molar refractivity (Wildman–Crippen MR) is 149 cm³/mol. The van der Waals surface area contributed by atoms with Gasteiger partial charge < -0.3 is 42.3 Å². The lowest BCUT2D eigenvalue weighted by Crippen LogP contribution is -2.27. The van der Waals surface area contributed by atoms with Gasteiger partial charge in [-0.2, -0.15) is 0 Å². The van der Waals surface area contributed by atoms with E-state index in [2.05, 4.69) is 26.6 Å². The molecule has 0 aliphatic heterocycles. The molecule has 0 aromatic heterocycles. The smallest absolute Gasteiger partial charge is 0.183 e. The average molecular weight is 555 g/mol. The topological polar surface area (TPSA) is 83.1 Å². The lowest BCUT2D eigenvalue weighted by molar-refractivity contribution is -0.0237. The SMILES string of the molecule is CCCCCCCCOCCOCCOCCOCCOCCOCCOCCOCCO[Si](C)(C)C. The Labute approximate surface area is 228 Å². The summed E-state index contributed by atoms with van der Waals surface area (Å²) in [7, 11) is -1.44. The van der Waals surface area contributed by atoms with Gasteiger partial charge in [-0.1, -0.05) is 39.0 Å². The molecule has 0 unspecified atom stereocenters. The highest BCUT2D eigenvalue weighted by Gasteiger charge is 2.13. The number of ether oxygens (including phenoxy) is 8. The molecule has 0 aliphatic carbocycles. The molecule has 0 fully saturated rings. The molecule has 224 valence electrons. The second-order valence-corrected chi connectivity index (χ2v) is 14.1. The largest absolute Gasteiger partial charge is 0.415 e. The molecule has 0 saturated heterocycles. The van der Waals surface area contributed by atoms with E-state index in [-0.39, 0.29) is 0 Å². The molecular formula is C27H58O9Si. The van der Waals surface area contributed by atoms with Gasteiger partial charge in [-0.25, -0.2) is 0 Å². The fourth-order valence-corrected chi connectivity index (χ4v) is 3.73. The number of hydrogen-bond donors (Lipinski definition) is 0. The van der Waals surface area contributed by atoms with E-state index >= 15 is 0 Å². The van der Waals surface area contributed by atoms with Gasteiger partial charge in [0.05, 0.1) is 106 Å². The molecule has 0 atom stereocenters. The van der Waals surface area contributed by atoms with E-state index in [9.17, 15) is 0 Å². The van der Waals surface area contributed by atoms with Gasteiger partial charge >= 0.3 is 0 Å². The third-order valence-corrected chi connectivity index (χ3v) is 6.08. The molecule has 0 aromatic carbocycles. The molecule has 0 radical (unpaired) electrons. The minimum absolute atomic E-state index is 0.542. The van der Waals surface area contributed by atoms with Crippen LogP contribution in [0, 0.1) is 0 Å². The van der Waals surface area contributed by atoms with Crippen LogP contribution in [0.4, 0.5) is 0 Å². The van der Waals surface area contributed by atoms with E-state index in [1.165, 1.54) is 32.1 Å². The molecule has 37 heavy (non-hydrogen) atoms. The van der Waals surface area contributed by atoms with Gasteiger partial charge in [-0.3, -0.25) is 0 Å². The summed E-state index contributed by atoms with van der Waals surface area (Å²) >= 11 is 0. The first-order chi connectivity index (χ1) is 18.1. The van der Waals surface area contributed by atoms with Crippen LogP contribution >= 0.6 is 0 Å². The van der Waals surface area contributed by atoms with E-state index in [4.69, 9.17) is 42.3 Å². The molecule has 0 rings (SSSR count). The Balaban J connectivity index is 3.04. The van der Waals surface area contributed by atoms with Crippen molar-refractivity contribution in [2.24, 2.45) is 0 Å². The van der Waals surface area contributed by atoms with E-state index in [1.807, 2.05) is 0 Å². The zero-order valence-corrected chi connectivity index (χ0v) is 25.4. The van der Waals surface area contributed by atoms with Gasteiger partial charge in [0.15, 0.2) is 8.32 Å². The molecular weight excluding hydrogens is 496 g/mol. The van der Waals surface area contributed by atoms with Crippen molar-refractivity contribution in [1.82, 2.24) is 0 Å². The highest BCUT2D eigenvalue weighted by Crippen LogP contribution is 2.04. The van der Waals surface area contributed by atoms with Crippen LogP contribution < -0.4 is 0 Å². The van der Waals surface area contributed by atoms with E-state index in [0.29, 0.717) is 106 Å². The minimum Gasteiger partial charge on any atom is -0.415 e. The molecule has 0 aromatic rings. The van der Waals surface area contributed by atoms with Gasteiger partial charge in [0.1, 0.15) is 0 Å². The summed E-state index contributed by atoms with van der Waals surface area (Å²) < 4.78 is 49.6. The zero-order chi connectivity index (χ0) is 27.1. The molecule has 0 heterocycles. The van der Waals surface area contributed by atoms with Crippen molar-refractivity contribution in [3.63, 3.8) is 0 Å². The van der Waals surface area contributed by atoms with E-state index in [0.717, 1.165) is 13.0 Å². The molecule has 0 amide bonds. The van der Waals surface area contributed by atoms with Gasteiger partial charge in [0, 0.05) is 6.61 Å². The summed E-state index contributed by atoms with van der Waals surface area (Å²) in [6.45, 7) is 18.8. The average Bonchev–Trinajstić information content (AvgIpc) is 2.86. The first kappa shape index (κ1) is 36.9. The number of unbranched alkanes of at least 4 members (excludes halogenated alkanes) is 5. The van der Waals surface area contributed by atoms with Crippen molar-refractivity contribution in [1.29, 1.82) is 0 Å². The Bertz CT molecular complexity index is 425. The Hall–Kier alpha value is -0.143. The summed E-state index contributed by atoms with van der Waals surface area (Å²) in [5, 5.41) is 0. The maximum atomic E-state index is 5.71. The number of hydrogen-bond acceptors (Lipinski definition) is 9. The van der Waals surface area contributed by atoms with Crippen LogP contribution in [0.2, 0.25) is 19.6 Å². The number of rotatable bonds is 32. The Kier molecular flexibility index (Phi) is 30.3. The summed E-state index contributed by atoms with van der Waals surface area (Å²) in [5.41, 5.74) is 0. The van der Waals surface area contributed by atoms with Crippen molar-refractivity contribution < 1.29 is 42.3 Å². The van der Waals surface area contributed by atoms with Crippen LogP contribution in [0.1, 0.15) is 45.4 Å². The van der Waals surface area contributed by atoms with Crippen LogP contribution in [0.25, 0.3) is 0 Å². The molecule has 0 bridgehead atoms. The Morgan fingerprint density at radius 1 is 0.324 bits per heavy atom. The summed E-state index contributed by atoms with van der Waals surface area (Å²) in [6, 6.07) is 0. The monoisotopic (exact) mass is 554 g/mol. The Morgan fingerprint density at radius 2 is 0.595 bits per heavy atom. The Morgan fingerprint density at radius 3 is 0.919 bits per heavy atom. The highest BCUT2D eigenvalue weighted by molar-refractivity contribution is 6.69. The molecule has 0 N–H and O–H groups in total. The molecule has 0 saturated carbocycles. The standard InChI is InChI=1S/C27H58O9Si/c1-5-6-7-8-9-10-11-28-12-13-29-14-15-30-16-17-31-18-19-32-20-21-33-22-23-34-24-25-35-26-27-36-37(2,3)4/h5-27H2,1-4H3. The van der Waals surface area contributed by atoms with E-state index < -0.39 is 8.32 Å². The van der Waals surface area contributed by atoms with Gasteiger partial charge in [0.2, 0.25) is 0 Å². The van der Waals surface area contributed by atoms with Crippen molar-refractivity contribution >= 4 is 8.32 Å². The van der Waals surface area contributed by atoms with Crippen molar-refractivity contribution in [2.45, 2.75) is 65.1 Å². The molecule has 0 aliphatic rings. The lowest BCUT2D eigenvalue weighted by atomic mass is 10.1. The maximum absolute atomic E-state index is 5.71. The van der Waals surface area contributed by atoms with Gasteiger partial charge in [-0.15, -0.1) is 0 Å². The zero-order valence-electron chi connectivity index (χ0n) is 24.4. The van der Waals surface area contributed by atoms with Gasteiger partial charge in [0.25, 0.3) is 0 Å². The predicted octanol–water partition coefficient (Wildman–Crippen LogP) is 4.33. The summed E-state index contributed by atoms with van der Waals surface area (Å²) in [5.74, 6) is 0. The normalized spacial score (nSPS) is 12.0. The molecule has 9 nitrogen and oxygen atoms in total. The van der Waals surface area contributed by atoms with E-state index in [1.54, 1.807) is 0 Å². The van der Waals surface area contributed by atoms with Crippen LogP contribution in [0.5, 0.6) is 0 Å². The van der Waals surface area contributed by atoms with Crippen molar-refractivity contribution in [3.05, 3.63) is 0 Å². The van der Waals surface area contributed by atoms with Crippen LogP contribution in [-0.2, 0) is 42.3 Å². The second-order valence-electron chi connectivity index (χ2n) is 9.63. The minimum atomic E-state index is -1.44. The third kappa shape index (κ3) is 35.9. The third-order valence-electron chi connectivity index (χ3n) is 5.01. The van der Waals surface area contributed by atoms with Crippen LogP contribution in [0.15, 0.2) is 0 Å². The summed E-state index contributed by atoms with van der Waals surface area (Å²) in [4.78, 5) is 0. The molecule has 0 spiro atoms. The van der Waals surface area contributed by atoms with Crippen molar-refractivity contribution in [3.8, 4) is 0 Å².